The molecular formula is C17H21BrN4O3S. The van der Waals surface area contributed by atoms with Crippen molar-refractivity contribution in [1.29, 1.82) is 0 Å². The number of halogens is 1. The second-order valence-corrected chi connectivity index (χ2v) is 9.06. The maximum Gasteiger partial charge on any atom is 0.246 e. The van der Waals surface area contributed by atoms with Crippen LogP contribution < -0.4 is 5.32 Å². The molecule has 0 spiro atoms. The van der Waals surface area contributed by atoms with Gasteiger partial charge in [0.15, 0.2) is 0 Å². The summed E-state index contributed by atoms with van der Waals surface area (Å²) in [6, 6.07) is 6.38. The van der Waals surface area contributed by atoms with Crippen LogP contribution in [0.25, 0.3) is 0 Å². The molecule has 1 aromatic heterocycles. The van der Waals surface area contributed by atoms with Crippen LogP contribution in [0.2, 0.25) is 0 Å². The van der Waals surface area contributed by atoms with Gasteiger partial charge in [-0.15, -0.1) is 0 Å². The Hall–Kier alpha value is -1.71. The number of rotatable bonds is 5. The van der Waals surface area contributed by atoms with Crippen LogP contribution in [0.4, 0.5) is 5.69 Å². The van der Waals surface area contributed by atoms with Crippen LogP contribution in [0.3, 0.4) is 0 Å². The Morgan fingerprint density at radius 2 is 1.96 bits per heavy atom. The van der Waals surface area contributed by atoms with E-state index in [9.17, 15) is 13.2 Å². The predicted octanol–water partition coefficient (Wildman–Crippen LogP) is 2.69. The van der Waals surface area contributed by atoms with Crippen LogP contribution >= 0.6 is 15.9 Å². The lowest BCUT2D eigenvalue weighted by atomic mass is 10.3. The maximum atomic E-state index is 12.6. The first kappa shape index (κ1) is 19.1. The van der Waals surface area contributed by atoms with E-state index < -0.39 is 10.0 Å². The van der Waals surface area contributed by atoms with E-state index >= 15 is 0 Å². The molecule has 1 aromatic carbocycles. The maximum absolute atomic E-state index is 12.6. The van der Waals surface area contributed by atoms with Crippen molar-refractivity contribution in [3.05, 3.63) is 40.1 Å². The molecule has 2 heterocycles. The highest BCUT2D eigenvalue weighted by molar-refractivity contribution is 9.10. The lowest BCUT2D eigenvalue weighted by Crippen LogP contribution is -2.28. The standard InChI is InChI=1S/C17H21BrN4O3S/c1-12-17(18)13(2)22(20-12)11-16(23)19-14-6-5-7-15(10-14)26(24,25)21-8-3-4-9-21/h5-7,10H,3-4,8-9,11H2,1-2H3,(H,19,23). The SMILES string of the molecule is Cc1nn(CC(=O)Nc2cccc(S(=O)(=O)N3CCCC3)c2)c(C)c1Br. The molecule has 1 aliphatic rings. The van der Waals surface area contributed by atoms with E-state index in [0.29, 0.717) is 18.8 Å². The molecule has 0 saturated carbocycles. The summed E-state index contributed by atoms with van der Waals surface area (Å²) in [5.74, 6) is -0.265. The Morgan fingerprint density at radius 3 is 2.58 bits per heavy atom. The van der Waals surface area contributed by atoms with Gasteiger partial charge in [-0.1, -0.05) is 6.07 Å². The zero-order valence-electron chi connectivity index (χ0n) is 14.7. The first-order valence-corrected chi connectivity index (χ1v) is 10.6. The number of benzene rings is 1. The number of sulfonamides is 1. The Balaban J connectivity index is 1.74. The lowest BCUT2D eigenvalue weighted by molar-refractivity contribution is -0.116. The normalized spacial score (nSPS) is 15.3. The highest BCUT2D eigenvalue weighted by Gasteiger charge is 2.27. The molecule has 0 bridgehead atoms. The van der Waals surface area contributed by atoms with Gasteiger partial charge in [0.2, 0.25) is 15.9 Å². The molecule has 0 unspecified atom stereocenters. The number of aromatic nitrogens is 2. The predicted molar refractivity (Wildman–Crippen MR) is 102 cm³/mol. The molecule has 1 fully saturated rings. The summed E-state index contributed by atoms with van der Waals surface area (Å²) in [6.07, 6.45) is 1.77. The van der Waals surface area contributed by atoms with Crippen molar-refractivity contribution in [2.75, 3.05) is 18.4 Å². The summed E-state index contributed by atoms with van der Waals surface area (Å²) in [7, 11) is -3.51. The number of carbonyl (C=O) groups excluding carboxylic acids is 1. The van der Waals surface area contributed by atoms with Gasteiger partial charge in [0.25, 0.3) is 0 Å². The number of carbonyl (C=O) groups is 1. The molecule has 1 amide bonds. The third-order valence-electron chi connectivity index (χ3n) is 4.41. The van der Waals surface area contributed by atoms with Gasteiger partial charge in [-0.05, 0) is 60.8 Å². The summed E-state index contributed by atoms with van der Waals surface area (Å²) in [5.41, 5.74) is 2.13. The minimum atomic E-state index is -3.51. The van der Waals surface area contributed by atoms with Crippen molar-refractivity contribution in [3.8, 4) is 0 Å². The van der Waals surface area contributed by atoms with Gasteiger partial charge in [-0.25, -0.2) is 8.42 Å². The Kier molecular flexibility index (Phi) is 5.50. The highest BCUT2D eigenvalue weighted by Crippen LogP contribution is 2.23. The Morgan fingerprint density at radius 1 is 1.27 bits per heavy atom. The molecule has 3 rings (SSSR count). The molecule has 1 N–H and O–H groups in total. The third-order valence-corrected chi connectivity index (χ3v) is 7.45. The van der Waals surface area contributed by atoms with Gasteiger partial charge in [0.1, 0.15) is 6.54 Å². The monoisotopic (exact) mass is 440 g/mol. The minimum Gasteiger partial charge on any atom is -0.324 e. The third kappa shape index (κ3) is 3.84. The Bertz CT molecular complexity index is 933. The van der Waals surface area contributed by atoms with Gasteiger partial charge >= 0.3 is 0 Å². The van der Waals surface area contributed by atoms with Crippen LogP contribution in [0.5, 0.6) is 0 Å². The van der Waals surface area contributed by atoms with Crippen LogP contribution in [0.15, 0.2) is 33.6 Å². The Labute approximate surface area is 161 Å². The molecule has 1 aliphatic heterocycles. The van der Waals surface area contributed by atoms with Crippen LogP contribution in [0.1, 0.15) is 24.2 Å². The van der Waals surface area contributed by atoms with Crippen molar-refractivity contribution in [3.63, 3.8) is 0 Å². The second kappa shape index (κ2) is 7.50. The molecule has 0 atom stereocenters. The van der Waals surface area contributed by atoms with Crippen molar-refractivity contribution >= 4 is 37.5 Å². The second-order valence-electron chi connectivity index (χ2n) is 6.33. The summed E-state index contributed by atoms with van der Waals surface area (Å²) >= 11 is 3.43. The molecule has 26 heavy (non-hydrogen) atoms. The van der Waals surface area contributed by atoms with Crippen LogP contribution in [-0.4, -0.2) is 41.5 Å². The van der Waals surface area contributed by atoms with Crippen molar-refractivity contribution < 1.29 is 13.2 Å². The molecule has 9 heteroatoms. The number of amides is 1. The van der Waals surface area contributed by atoms with E-state index in [2.05, 4.69) is 26.3 Å². The van der Waals surface area contributed by atoms with Crippen molar-refractivity contribution in [2.45, 2.75) is 38.1 Å². The zero-order valence-corrected chi connectivity index (χ0v) is 17.1. The summed E-state index contributed by atoms with van der Waals surface area (Å²) in [6.45, 7) is 4.89. The largest absolute Gasteiger partial charge is 0.324 e. The highest BCUT2D eigenvalue weighted by atomic mass is 79.9. The number of aryl methyl sites for hydroxylation is 1. The summed E-state index contributed by atoms with van der Waals surface area (Å²) in [4.78, 5) is 12.5. The first-order valence-electron chi connectivity index (χ1n) is 8.38. The van der Waals surface area contributed by atoms with Gasteiger partial charge < -0.3 is 5.32 Å². The van der Waals surface area contributed by atoms with Crippen LogP contribution in [-0.2, 0) is 21.4 Å². The molecular weight excluding hydrogens is 420 g/mol. The smallest absolute Gasteiger partial charge is 0.246 e. The first-order chi connectivity index (χ1) is 12.3. The minimum absolute atomic E-state index is 0.0569. The van der Waals surface area contributed by atoms with E-state index in [0.717, 1.165) is 28.7 Å². The van der Waals surface area contributed by atoms with E-state index in [4.69, 9.17) is 0 Å². The summed E-state index contributed by atoms with van der Waals surface area (Å²) in [5, 5.41) is 7.06. The van der Waals surface area contributed by atoms with E-state index in [-0.39, 0.29) is 17.3 Å². The molecule has 1 saturated heterocycles. The lowest BCUT2D eigenvalue weighted by Gasteiger charge is -2.16. The van der Waals surface area contributed by atoms with Crippen molar-refractivity contribution in [1.82, 2.24) is 14.1 Å². The number of nitrogens with one attached hydrogen (secondary N) is 1. The van der Waals surface area contributed by atoms with Crippen LogP contribution in [0, 0.1) is 13.8 Å². The molecule has 7 nitrogen and oxygen atoms in total. The van der Waals surface area contributed by atoms with Gasteiger partial charge in [0, 0.05) is 18.8 Å². The number of hydrogen-bond donors (Lipinski definition) is 1. The van der Waals surface area contributed by atoms with E-state index in [1.54, 1.807) is 22.9 Å². The zero-order chi connectivity index (χ0) is 18.9. The quantitative estimate of drug-likeness (QED) is 0.774. The van der Waals surface area contributed by atoms with E-state index in [1.165, 1.54) is 10.4 Å². The fraction of sp³-hybridized carbons (Fsp3) is 0.412. The molecule has 140 valence electrons. The molecule has 2 aromatic rings. The van der Waals surface area contributed by atoms with E-state index in [1.807, 2.05) is 13.8 Å². The number of nitrogens with zero attached hydrogens (tertiary/aromatic N) is 3. The topological polar surface area (TPSA) is 84.3 Å². The number of hydrogen-bond acceptors (Lipinski definition) is 4. The molecule has 0 radical (unpaired) electrons. The average molecular weight is 441 g/mol. The average Bonchev–Trinajstić information content (AvgIpc) is 3.22. The van der Waals surface area contributed by atoms with Gasteiger partial charge in [-0.3, -0.25) is 9.48 Å². The van der Waals surface area contributed by atoms with Crippen molar-refractivity contribution in [2.24, 2.45) is 0 Å². The van der Waals surface area contributed by atoms with Gasteiger partial charge in [-0.2, -0.15) is 9.40 Å². The number of anilines is 1. The fourth-order valence-electron chi connectivity index (χ4n) is 2.98. The summed E-state index contributed by atoms with van der Waals surface area (Å²) < 4.78 is 29.3. The fourth-order valence-corrected chi connectivity index (χ4v) is 4.82. The van der Waals surface area contributed by atoms with Gasteiger partial charge in [0.05, 0.1) is 20.8 Å². The molecule has 0 aliphatic carbocycles.